The van der Waals surface area contributed by atoms with E-state index in [1.165, 1.54) is 32.4 Å². The van der Waals surface area contributed by atoms with Crippen LogP contribution in [0.25, 0.3) is 0 Å². The smallest absolute Gasteiger partial charge is 0.150 e. The Labute approximate surface area is 95.9 Å². The van der Waals surface area contributed by atoms with E-state index in [9.17, 15) is 9.59 Å². The van der Waals surface area contributed by atoms with Gasteiger partial charge < -0.3 is 5.32 Å². The van der Waals surface area contributed by atoms with E-state index in [2.05, 4.69) is 5.32 Å². The summed E-state index contributed by atoms with van der Waals surface area (Å²) in [7, 11) is 0. The molecule has 1 N–H and O–H groups in total. The maximum Gasteiger partial charge on any atom is 0.150 e. The van der Waals surface area contributed by atoms with Gasteiger partial charge in [-0.3, -0.25) is 9.59 Å². The molecular weight excluding hydrogens is 202 g/mol. The molecule has 0 unspecified atom stereocenters. The highest BCUT2D eigenvalue weighted by molar-refractivity contribution is 5.89. The van der Waals surface area contributed by atoms with Crippen LogP contribution >= 0.6 is 0 Å². The van der Waals surface area contributed by atoms with Gasteiger partial charge in [0, 0.05) is 11.1 Å². The number of hydrogen-bond donors (Lipinski definition) is 1. The topological polar surface area (TPSA) is 46.2 Å². The summed E-state index contributed by atoms with van der Waals surface area (Å²) in [5, 5.41) is 3.28. The van der Waals surface area contributed by atoms with Crippen molar-refractivity contribution in [3.8, 4) is 0 Å². The number of hydrogen-bond acceptors (Lipinski definition) is 3. The van der Waals surface area contributed by atoms with E-state index in [0.717, 1.165) is 0 Å². The van der Waals surface area contributed by atoms with Gasteiger partial charge in [0.2, 0.25) is 0 Å². The second kappa shape index (κ2) is 7.77. The Balaban J connectivity index is 0.000000181. The molecule has 3 nitrogen and oxygen atoms in total. The largest absolute Gasteiger partial charge is 0.317 e. The fourth-order valence-electron chi connectivity index (χ4n) is 1.53. The standard InChI is InChI=1S/C8H6O2.C5H11N/c9-5-7-3-1-2-4-8(7)6-10;1-2-4-6-5-3-1/h1-6H;6H,1-5H2. The highest BCUT2D eigenvalue weighted by Crippen LogP contribution is 2.01. The first-order valence-electron chi connectivity index (χ1n) is 5.58. The number of nitrogens with one attached hydrogen (secondary N) is 1. The zero-order valence-corrected chi connectivity index (χ0v) is 9.32. The van der Waals surface area contributed by atoms with Crippen molar-refractivity contribution in [2.24, 2.45) is 0 Å². The van der Waals surface area contributed by atoms with Gasteiger partial charge in [-0.05, 0) is 25.9 Å². The third kappa shape index (κ3) is 4.36. The first-order valence-corrected chi connectivity index (χ1v) is 5.58. The molecule has 1 aromatic carbocycles. The van der Waals surface area contributed by atoms with Crippen LogP contribution < -0.4 is 5.32 Å². The highest BCUT2D eigenvalue weighted by atomic mass is 16.1. The van der Waals surface area contributed by atoms with Crippen molar-refractivity contribution in [1.29, 1.82) is 0 Å². The summed E-state index contributed by atoms with van der Waals surface area (Å²) in [6, 6.07) is 6.65. The molecule has 0 spiro atoms. The van der Waals surface area contributed by atoms with Gasteiger partial charge in [-0.15, -0.1) is 0 Å². The summed E-state index contributed by atoms with van der Waals surface area (Å²) < 4.78 is 0. The molecule has 0 amide bonds. The lowest BCUT2D eigenvalue weighted by Crippen LogP contribution is -2.21. The number of rotatable bonds is 2. The summed E-state index contributed by atoms with van der Waals surface area (Å²) in [5.41, 5.74) is 0.884. The van der Waals surface area contributed by atoms with Crippen LogP contribution in [0, 0.1) is 0 Å². The molecule has 0 atom stereocenters. The monoisotopic (exact) mass is 219 g/mol. The minimum atomic E-state index is 0.442. The van der Waals surface area contributed by atoms with Crippen molar-refractivity contribution < 1.29 is 9.59 Å². The van der Waals surface area contributed by atoms with Crippen LogP contribution in [0.1, 0.15) is 40.0 Å². The number of benzene rings is 1. The van der Waals surface area contributed by atoms with Crippen LogP contribution in [0.2, 0.25) is 0 Å². The fraction of sp³-hybridized carbons (Fsp3) is 0.385. The minimum Gasteiger partial charge on any atom is -0.317 e. The van der Waals surface area contributed by atoms with Crippen molar-refractivity contribution >= 4 is 12.6 Å². The summed E-state index contributed by atoms with van der Waals surface area (Å²) in [4.78, 5) is 20.5. The van der Waals surface area contributed by atoms with E-state index in [1.807, 2.05) is 0 Å². The Kier molecular flexibility index (Phi) is 6.11. The van der Waals surface area contributed by atoms with Crippen molar-refractivity contribution in [3.05, 3.63) is 35.4 Å². The molecule has 1 aliphatic heterocycles. The van der Waals surface area contributed by atoms with E-state index < -0.39 is 0 Å². The number of aldehydes is 2. The Hall–Kier alpha value is -1.48. The Bertz CT molecular complexity index is 294. The van der Waals surface area contributed by atoms with Crippen LogP contribution in [0.3, 0.4) is 0 Å². The molecule has 0 radical (unpaired) electrons. The molecule has 3 heteroatoms. The zero-order chi connectivity index (χ0) is 11.6. The zero-order valence-electron chi connectivity index (χ0n) is 9.32. The summed E-state index contributed by atoms with van der Waals surface area (Å²) in [5.74, 6) is 0. The van der Waals surface area contributed by atoms with Crippen LogP contribution in [-0.2, 0) is 0 Å². The van der Waals surface area contributed by atoms with Gasteiger partial charge in [-0.2, -0.15) is 0 Å². The number of carbonyl (C=O) groups excluding carboxylic acids is 2. The SMILES string of the molecule is C1CCNCC1.O=Cc1ccccc1C=O. The average Bonchev–Trinajstić information content (AvgIpc) is 2.41. The molecule has 1 aromatic rings. The lowest BCUT2D eigenvalue weighted by atomic mass is 10.1. The Morgan fingerprint density at radius 3 is 1.62 bits per heavy atom. The van der Waals surface area contributed by atoms with Gasteiger partial charge in [-0.1, -0.05) is 30.7 Å². The van der Waals surface area contributed by atoms with E-state index in [-0.39, 0.29) is 0 Å². The van der Waals surface area contributed by atoms with Gasteiger partial charge >= 0.3 is 0 Å². The first kappa shape index (κ1) is 12.6. The predicted octanol–water partition coefficient (Wildman–Crippen LogP) is 2.07. The van der Waals surface area contributed by atoms with Crippen molar-refractivity contribution in [2.45, 2.75) is 19.3 Å². The van der Waals surface area contributed by atoms with Crippen LogP contribution in [-0.4, -0.2) is 25.7 Å². The second-order valence-electron chi connectivity index (χ2n) is 3.68. The van der Waals surface area contributed by atoms with Crippen molar-refractivity contribution in [3.63, 3.8) is 0 Å². The molecule has 1 fully saturated rings. The molecule has 0 aromatic heterocycles. The van der Waals surface area contributed by atoms with Crippen molar-refractivity contribution in [2.75, 3.05) is 13.1 Å². The van der Waals surface area contributed by atoms with Crippen molar-refractivity contribution in [1.82, 2.24) is 5.32 Å². The fourth-order valence-corrected chi connectivity index (χ4v) is 1.53. The number of piperidine rings is 1. The van der Waals surface area contributed by atoms with Gasteiger partial charge in [0.05, 0.1) is 0 Å². The van der Waals surface area contributed by atoms with E-state index >= 15 is 0 Å². The van der Waals surface area contributed by atoms with Gasteiger partial charge in [0.1, 0.15) is 0 Å². The maximum absolute atomic E-state index is 10.2. The normalized spacial score (nSPS) is 14.5. The molecular formula is C13H17NO2. The van der Waals surface area contributed by atoms with E-state index in [1.54, 1.807) is 24.3 Å². The number of carbonyl (C=O) groups is 2. The Morgan fingerprint density at radius 2 is 1.38 bits per heavy atom. The molecule has 16 heavy (non-hydrogen) atoms. The van der Waals surface area contributed by atoms with Crippen LogP contribution in [0.15, 0.2) is 24.3 Å². The molecule has 1 saturated heterocycles. The minimum absolute atomic E-state index is 0.442. The quantitative estimate of drug-likeness (QED) is 0.774. The predicted molar refractivity (Wildman–Crippen MR) is 63.9 cm³/mol. The van der Waals surface area contributed by atoms with Gasteiger partial charge in [0.25, 0.3) is 0 Å². The van der Waals surface area contributed by atoms with Gasteiger partial charge in [-0.25, -0.2) is 0 Å². The van der Waals surface area contributed by atoms with Crippen LogP contribution in [0.4, 0.5) is 0 Å². The summed E-state index contributed by atoms with van der Waals surface area (Å²) in [6.45, 7) is 2.50. The third-order valence-electron chi connectivity index (χ3n) is 2.46. The first-order chi connectivity index (χ1) is 7.88. The molecule has 0 bridgehead atoms. The second-order valence-corrected chi connectivity index (χ2v) is 3.68. The lowest BCUT2D eigenvalue weighted by molar-refractivity contribution is 0.109. The maximum atomic E-state index is 10.2. The molecule has 1 heterocycles. The highest BCUT2D eigenvalue weighted by Gasteiger charge is 1.95. The van der Waals surface area contributed by atoms with E-state index in [0.29, 0.717) is 23.7 Å². The summed E-state index contributed by atoms with van der Waals surface area (Å²) >= 11 is 0. The lowest BCUT2D eigenvalue weighted by Gasteiger charge is -2.08. The molecule has 86 valence electrons. The average molecular weight is 219 g/mol. The van der Waals surface area contributed by atoms with E-state index in [4.69, 9.17) is 0 Å². The molecule has 0 aliphatic carbocycles. The Morgan fingerprint density at radius 1 is 0.875 bits per heavy atom. The third-order valence-corrected chi connectivity index (χ3v) is 2.46. The van der Waals surface area contributed by atoms with Crippen LogP contribution in [0.5, 0.6) is 0 Å². The van der Waals surface area contributed by atoms with Gasteiger partial charge in [0.15, 0.2) is 12.6 Å². The molecule has 0 saturated carbocycles. The summed E-state index contributed by atoms with van der Waals surface area (Å²) in [6.07, 6.45) is 5.56. The molecule has 2 rings (SSSR count). The molecule has 1 aliphatic rings.